The van der Waals surface area contributed by atoms with Crippen molar-refractivity contribution in [2.45, 2.75) is 13.2 Å². The van der Waals surface area contributed by atoms with Crippen molar-refractivity contribution in [3.05, 3.63) is 59.3 Å². The van der Waals surface area contributed by atoms with Crippen molar-refractivity contribution in [3.63, 3.8) is 0 Å². The number of aliphatic imine (C=N–C) groups is 1. The van der Waals surface area contributed by atoms with Crippen molar-refractivity contribution in [2.24, 2.45) is 4.99 Å². The van der Waals surface area contributed by atoms with Gasteiger partial charge < -0.3 is 18.9 Å². The van der Waals surface area contributed by atoms with E-state index in [1.807, 2.05) is 0 Å². The number of benzene rings is 2. The molecule has 6 nitrogen and oxygen atoms in total. The highest BCUT2D eigenvalue weighted by Crippen LogP contribution is 2.31. The van der Waals surface area contributed by atoms with Crippen LogP contribution in [-0.4, -0.2) is 32.2 Å². The van der Waals surface area contributed by atoms with Gasteiger partial charge in [-0.15, -0.1) is 0 Å². The number of ether oxygens (including phenoxy) is 4. The fraction of sp³-hybridized carbons (Fsp3) is 0.158. The van der Waals surface area contributed by atoms with Crippen LogP contribution < -0.4 is 14.2 Å². The van der Waals surface area contributed by atoms with Gasteiger partial charge in [-0.3, -0.25) is 0 Å². The second-order valence-electron chi connectivity index (χ2n) is 5.50. The molecule has 1 aliphatic rings. The SMILES string of the molecule is COc1cc(C2=N/C(=C\c3ccccc3OC(F)F)C(=O)O2)ccc1OC(F)F. The number of halogens is 4. The molecule has 0 radical (unpaired) electrons. The lowest BCUT2D eigenvalue weighted by molar-refractivity contribution is -0.129. The highest BCUT2D eigenvalue weighted by molar-refractivity contribution is 6.13. The van der Waals surface area contributed by atoms with Crippen LogP contribution in [0.15, 0.2) is 53.2 Å². The van der Waals surface area contributed by atoms with E-state index in [-0.39, 0.29) is 40.0 Å². The van der Waals surface area contributed by atoms with E-state index in [1.165, 1.54) is 49.6 Å². The maximum Gasteiger partial charge on any atom is 0.387 e. The molecule has 10 heteroatoms. The Balaban J connectivity index is 1.92. The monoisotopic (exact) mass is 411 g/mol. The Labute approximate surface area is 162 Å². The van der Waals surface area contributed by atoms with Crippen molar-refractivity contribution >= 4 is 17.9 Å². The van der Waals surface area contributed by atoms with Crippen molar-refractivity contribution in [2.75, 3.05) is 7.11 Å². The summed E-state index contributed by atoms with van der Waals surface area (Å²) in [6.07, 6.45) is 1.23. The Bertz CT molecular complexity index is 975. The quantitative estimate of drug-likeness (QED) is 0.387. The maximum absolute atomic E-state index is 12.5. The summed E-state index contributed by atoms with van der Waals surface area (Å²) in [5.41, 5.74) is 0.303. The summed E-state index contributed by atoms with van der Waals surface area (Å²) in [7, 11) is 1.26. The Morgan fingerprint density at radius 3 is 2.34 bits per heavy atom. The maximum atomic E-state index is 12.5. The van der Waals surface area contributed by atoms with E-state index < -0.39 is 19.2 Å². The second-order valence-corrected chi connectivity index (χ2v) is 5.50. The topological polar surface area (TPSA) is 66.4 Å². The van der Waals surface area contributed by atoms with E-state index in [0.717, 1.165) is 0 Å². The molecule has 0 aliphatic carbocycles. The van der Waals surface area contributed by atoms with Crippen molar-refractivity contribution in [1.82, 2.24) is 0 Å². The number of alkyl halides is 4. The first-order chi connectivity index (χ1) is 13.9. The van der Waals surface area contributed by atoms with Crippen molar-refractivity contribution < 1.29 is 41.3 Å². The molecule has 29 heavy (non-hydrogen) atoms. The van der Waals surface area contributed by atoms with Crippen LogP contribution in [0.2, 0.25) is 0 Å². The van der Waals surface area contributed by atoms with Gasteiger partial charge in [0.25, 0.3) is 0 Å². The highest BCUT2D eigenvalue weighted by atomic mass is 19.3. The number of methoxy groups -OCH3 is 1. The molecule has 0 spiro atoms. The standard InChI is InChI=1S/C19H13F4NO5/c1-26-15-9-11(6-7-14(15)28-19(22)23)16-24-12(17(25)29-16)8-10-4-2-3-5-13(10)27-18(20)21/h2-9,18-19H,1H3/b12-8-. The van der Waals surface area contributed by atoms with Crippen LogP contribution in [0.5, 0.6) is 17.2 Å². The van der Waals surface area contributed by atoms with Crippen LogP contribution in [0.25, 0.3) is 6.08 Å². The van der Waals surface area contributed by atoms with E-state index >= 15 is 0 Å². The number of cyclic esters (lactones) is 1. The zero-order valence-electron chi connectivity index (χ0n) is 14.8. The number of hydrogen-bond acceptors (Lipinski definition) is 6. The molecule has 1 aliphatic heterocycles. The number of esters is 1. The number of rotatable bonds is 7. The molecular weight excluding hydrogens is 398 g/mol. The van der Waals surface area contributed by atoms with E-state index in [4.69, 9.17) is 9.47 Å². The first kappa shape index (κ1) is 20.2. The van der Waals surface area contributed by atoms with E-state index in [9.17, 15) is 22.4 Å². The molecule has 0 amide bonds. The summed E-state index contributed by atoms with van der Waals surface area (Å²) in [4.78, 5) is 16.2. The van der Waals surface area contributed by atoms with E-state index in [0.29, 0.717) is 0 Å². The van der Waals surface area contributed by atoms with Crippen LogP contribution in [0.1, 0.15) is 11.1 Å². The molecule has 0 saturated heterocycles. The first-order valence-corrected chi connectivity index (χ1v) is 8.07. The van der Waals surface area contributed by atoms with Gasteiger partial charge in [0, 0.05) is 11.1 Å². The Morgan fingerprint density at radius 2 is 1.66 bits per heavy atom. The van der Waals surface area contributed by atoms with Gasteiger partial charge in [-0.2, -0.15) is 17.6 Å². The predicted octanol–water partition coefficient (Wildman–Crippen LogP) is 4.24. The molecule has 0 fully saturated rings. The molecule has 0 aromatic heterocycles. The molecule has 2 aromatic carbocycles. The van der Waals surface area contributed by atoms with E-state index in [1.54, 1.807) is 6.07 Å². The van der Waals surface area contributed by atoms with Gasteiger partial charge in [0.15, 0.2) is 17.2 Å². The van der Waals surface area contributed by atoms with Crippen LogP contribution >= 0.6 is 0 Å². The minimum absolute atomic E-state index is 0.0188. The largest absolute Gasteiger partial charge is 0.493 e. The molecule has 3 rings (SSSR count). The summed E-state index contributed by atoms with van der Waals surface area (Å²) < 4.78 is 68.7. The normalized spacial score (nSPS) is 14.9. The first-order valence-electron chi connectivity index (χ1n) is 8.07. The molecule has 0 N–H and O–H groups in total. The highest BCUT2D eigenvalue weighted by Gasteiger charge is 2.26. The van der Waals surface area contributed by atoms with Gasteiger partial charge in [0.2, 0.25) is 5.90 Å². The molecule has 0 atom stereocenters. The van der Waals surface area contributed by atoms with Gasteiger partial charge in [-0.1, -0.05) is 18.2 Å². The van der Waals surface area contributed by atoms with Crippen LogP contribution in [-0.2, 0) is 9.53 Å². The van der Waals surface area contributed by atoms with Gasteiger partial charge >= 0.3 is 19.2 Å². The average molecular weight is 411 g/mol. The number of carbonyl (C=O) groups excluding carboxylic acids is 1. The third-order valence-electron chi connectivity index (χ3n) is 3.67. The third kappa shape index (κ3) is 4.84. The van der Waals surface area contributed by atoms with Crippen LogP contribution in [0.3, 0.4) is 0 Å². The molecule has 2 aromatic rings. The Kier molecular flexibility index (Phi) is 6.01. The summed E-state index contributed by atoms with van der Waals surface area (Å²) in [6.45, 7) is -6.08. The fourth-order valence-corrected chi connectivity index (χ4v) is 2.48. The lowest BCUT2D eigenvalue weighted by atomic mass is 10.1. The smallest absolute Gasteiger partial charge is 0.387 e. The van der Waals surface area contributed by atoms with Crippen molar-refractivity contribution in [3.8, 4) is 17.2 Å². The predicted molar refractivity (Wildman–Crippen MR) is 93.3 cm³/mol. The zero-order chi connectivity index (χ0) is 21.0. The number of nitrogens with zero attached hydrogens (tertiary/aromatic N) is 1. The van der Waals surface area contributed by atoms with Crippen LogP contribution in [0, 0.1) is 0 Å². The minimum Gasteiger partial charge on any atom is -0.493 e. The fourth-order valence-electron chi connectivity index (χ4n) is 2.48. The zero-order valence-corrected chi connectivity index (χ0v) is 14.8. The molecular formula is C19H13F4NO5. The van der Waals surface area contributed by atoms with E-state index in [2.05, 4.69) is 14.5 Å². The Hall–Kier alpha value is -3.56. The summed E-state index contributed by atoms with van der Waals surface area (Å²) >= 11 is 0. The van der Waals surface area contributed by atoms with Crippen molar-refractivity contribution in [1.29, 1.82) is 0 Å². The minimum atomic E-state index is -3.04. The summed E-state index contributed by atoms with van der Waals surface area (Å²) in [5, 5.41) is 0. The second kappa shape index (κ2) is 8.63. The third-order valence-corrected chi connectivity index (χ3v) is 3.67. The molecule has 152 valence electrons. The molecule has 0 unspecified atom stereocenters. The summed E-state index contributed by atoms with van der Waals surface area (Å²) in [6, 6.07) is 9.72. The molecule has 1 heterocycles. The van der Waals surface area contributed by atoms with Gasteiger partial charge in [0.1, 0.15) is 5.75 Å². The van der Waals surface area contributed by atoms with Crippen LogP contribution in [0.4, 0.5) is 17.6 Å². The molecule has 0 saturated carbocycles. The molecule has 0 bridgehead atoms. The van der Waals surface area contributed by atoms with Gasteiger partial charge in [-0.25, -0.2) is 9.79 Å². The lowest BCUT2D eigenvalue weighted by Crippen LogP contribution is -2.07. The van der Waals surface area contributed by atoms with Gasteiger partial charge in [0.05, 0.1) is 7.11 Å². The summed E-state index contributed by atoms with van der Waals surface area (Å²) in [5.74, 6) is -1.30. The number of carbonyl (C=O) groups is 1. The number of para-hydroxylation sites is 1. The average Bonchev–Trinajstić information content (AvgIpc) is 3.03. The van der Waals surface area contributed by atoms with Gasteiger partial charge in [-0.05, 0) is 30.3 Å². The Morgan fingerprint density at radius 1 is 0.966 bits per heavy atom. The lowest BCUT2D eigenvalue weighted by Gasteiger charge is -2.10. The number of hydrogen-bond donors (Lipinski definition) is 0.